The highest BCUT2D eigenvalue weighted by Crippen LogP contribution is 2.14. The van der Waals surface area contributed by atoms with Crippen molar-refractivity contribution in [3.8, 4) is 0 Å². The SMILES string of the molecule is CC(C)COCCC(CNC(C)C)C(C)C. The Labute approximate surface area is 102 Å². The molecule has 0 saturated heterocycles. The highest BCUT2D eigenvalue weighted by Gasteiger charge is 2.13. The first-order valence-electron chi connectivity index (χ1n) is 6.74. The number of hydrogen-bond acceptors (Lipinski definition) is 2. The maximum atomic E-state index is 5.65. The van der Waals surface area contributed by atoms with E-state index in [1.54, 1.807) is 0 Å². The Bertz CT molecular complexity index is 155. The number of hydrogen-bond donors (Lipinski definition) is 1. The minimum atomic E-state index is 0.581. The molecule has 2 heteroatoms. The van der Waals surface area contributed by atoms with E-state index in [4.69, 9.17) is 4.74 Å². The van der Waals surface area contributed by atoms with E-state index in [2.05, 4.69) is 46.9 Å². The van der Waals surface area contributed by atoms with Crippen LogP contribution in [0, 0.1) is 17.8 Å². The molecule has 1 N–H and O–H groups in total. The molecule has 2 nitrogen and oxygen atoms in total. The van der Waals surface area contributed by atoms with E-state index in [0.29, 0.717) is 12.0 Å². The molecule has 0 radical (unpaired) electrons. The number of nitrogens with one attached hydrogen (secondary N) is 1. The Morgan fingerprint density at radius 3 is 2.06 bits per heavy atom. The van der Waals surface area contributed by atoms with Gasteiger partial charge < -0.3 is 10.1 Å². The number of rotatable bonds is 9. The van der Waals surface area contributed by atoms with E-state index in [0.717, 1.165) is 31.6 Å². The molecule has 0 aliphatic carbocycles. The molecule has 0 aliphatic heterocycles. The second kappa shape index (κ2) is 9.00. The summed E-state index contributed by atoms with van der Waals surface area (Å²) in [5, 5.41) is 3.52. The zero-order valence-electron chi connectivity index (χ0n) is 12.0. The van der Waals surface area contributed by atoms with Crippen molar-refractivity contribution < 1.29 is 4.74 Å². The van der Waals surface area contributed by atoms with E-state index in [9.17, 15) is 0 Å². The molecule has 0 aromatic heterocycles. The molecule has 0 spiro atoms. The smallest absolute Gasteiger partial charge is 0.0488 e. The van der Waals surface area contributed by atoms with E-state index in [1.807, 2.05) is 0 Å². The normalized spacial score (nSPS) is 14.1. The Hall–Kier alpha value is -0.0800. The molecule has 0 amide bonds. The highest BCUT2D eigenvalue weighted by atomic mass is 16.5. The maximum Gasteiger partial charge on any atom is 0.0488 e. The summed E-state index contributed by atoms with van der Waals surface area (Å²) in [5.41, 5.74) is 0. The van der Waals surface area contributed by atoms with Gasteiger partial charge in [0.15, 0.2) is 0 Å². The van der Waals surface area contributed by atoms with Gasteiger partial charge in [0.25, 0.3) is 0 Å². The van der Waals surface area contributed by atoms with Crippen LogP contribution in [0.2, 0.25) is 0 Å². The summed E-state index contributed by atoms with van der Waals surface area (Å²) in [7, 11) is 0. The third-order valence-electron chi connectivity index (χ3n) is 2.82. The lowest BCUT2D eigenvalue weighted by molar-refractivity contribution is 0.0918. The summed E-state index contributed by atoms with van der Waals surface area (Å²) < 4.78 is 5.65. The fraction of sp³-hybridized carbons (Fsp3) is 1.00. The molecule has 0 aromatic carbocycles. The van der Waals surface area contributed by atoms with Crippen molar-refractivity contribution in [3.05, 3.63) is 0 Å². The van der Waals surface area contributed by atoms with Crippen LogP contribution in [-0.4, -0.2) is 25.8 Å². The maximum absolute atomic E-state index is 5.65. The average Bonchev–Trinajstić information content (AvgIpc) is 2.15. The van der Waals surface area contributed by atoms with Crippen LogP contribution in [-0.2, 0) is 4.74 Å². The van der Waals surface area contributed by atoms with Crippen LogP contribution in [0.1, 0.15) is 48.0 Å². The highest BCUT2D eigenvalue weighted by molar-refractivity contribution is 4.67. The summed E-state index contributed by atoms with van der Waals surface area (Å²) in [6, 6.07) is 0.581. The summed E-state index contributed by atoms with van der Waals surface area (Å²) >= 11 is 0. The third kappa shape index (κ3) is 9.17. The fourth-order valence-corrected chi connectivity index (χ4v) is 1.61. The largest absolute Gasteiger partial charge is 0.381 e. The van der Waals surface area contributed by atoms with Gasteiger partial charge in [-0.1, -0.05) is 41.5 Å². The van der Waals surface area contributed by atoms with Gasteiger partial charge in [-0.05, 0) is 30.7 Å². The summed E-state index contributed by atoms with van der Waals surface area (Å²) in [5.74, 6) is 2.11. The van der Waals surface area contributed by atoms with Gasteiger partial charge in [-0.25, -0.2) is 0 Å². The Morgan fingerprint density at radius 1 is 1.00 bits per heavy atom. The molecule has 1 unspecified atom stereocenters. The van der Waals surface area contributed by atoms with Gasteiger partial charge in [0, 0.05) is 19.3 Å². The molecule has 0 aromatic rings. The molecular formula is C14H31NO. The van der Waals surface area contributed by atoms with Gasteiger partial charge in [0.2, 0.25) is 0 Å². The molecule has 0 saturated carbocycles. The van der Waals surface area contributed by atoms with Crippen molar-refractivity contribution in [1.29, 1.82) is 0 Å². The molecule has 1 atom stereocenters. The lowest BCUT2D eigenvalue weighted by Gasteiger charge is -2.22. The standard InChI is InChI=1S/C14H31NO/c1-11(2)10-16-8-7-14(12(3)4)9-15-13(5)6/h11-15H,7-10H2,1-6H3. The second-order valence-corrected chi connectivity index (χ2v) is 5.82. The Kier molecular flexibility index (Phi) is 8.96. The van der Waals surface area contributed by atoms with Crippen LogP contribution in [0.25, 0.3) is 0 Å². The monoisotopic (exact) mass is 229 g/mol. The molecule has 16 heavy (non-hydrogen) atoms. The summed E-state index contributed by atoms with van der Waals surface area (Å²) in [6.45, 7) is 16.3. The van der Waals surface area contributed by atoms with Crippen molar-refractivity contribution >= 4 is 0 Å². The quantitative estimate of drug-likeness (QED) is 0.612. The average molecular weight is 229 g/mol. The van der Waals surface area contributed by atoms with Crippen LogP contribution in [0.3, 0.4) is 0 Å². The zero-order chi connectivity index (χ0) is 12.6. The van der Waals surface area contributed by atoms with E-state index in [-0.39, 0.29) is 0 Å². The van der Waals surface area contributed by atoms with Gasteiger partial charge in [-0.2, -0.15) is 0 Å². The predicted octanol–water partition coefficient (Wildman–Crippen LogP) is 3.32. The van der Waals surface area contributed by atoms with Crippen molar-refractivity contribution in [3.63, 3.8) is 0 Å². The molecule has 98 valence electrons. The van der Waals surface area contributed by atoms with E-state index in [1.165, 1.54) is 6.42 Å². The lowest BCUT2D eigenvalue weighted by Crippen LogP contribution is -2.32. The van der Waals surface area contributed by atoms with Gasteiger partial charge in [-0.15, -0.1) is 0 Å². The van der Waals surface area contributed by atoms with Crippen LogP contribution in [0.15, 0.2) is 0 Å². The van der Waals surface area contributed by atoms with Gasteiger partial charge in [-0.3, -0.25) is 0 Å². The Morgan fingerprint density at radius 2 is 1.62 bits per heavy atom. The first-order valence-corrected chi connectivity index (χ1v) is 6.74. The fourth-order valence-electron chi connectivity index (χ4n) is 1.61. The van der Waals surface area contributed by atoms with Crippen LogP contribution >= 0.6 is 0 Å². The molecule has 0 aliphatic rings. The van der Waals surface area contributed by atoms with Crippen LogP contribution < -0.4 is 5.32 Å². The van der Waals surface area contributed by atoms with Crippen molar-refractivity contribution in [2.45, 2.75) is 54.0 Å². The minimum absolute atomic E-state index is 0.581. The molecule has 0 rings (SSSR count). The zero-order valence-corrected chi connectivity index (χ0v) is 12.0. The second-order valence-electron chi connectivity index (χ2n) is 5.82. The van der Waals surface area contributed by atoms with Gasteiger partial charge in [0.05, 0.1) is 0 Å². The third-order valence-corrected chi connectivity index (χ3v) is 2.82. The lowest BCUT2D eigenvalue weighted by atomic mass is 9.92. The minimum Gasteiger partial charge on any atom is -0.381 e. The summed E-state index contributed by atoms with van der Waals surface area (Å²) in [6.07, 6.45) is 1.17. The number of ether oxygens (including phenoxy) is 1. The van der Waals surface area contributed by atoms with Gasteiger partial charge in [0.1, 0.15) is 0 Å². The van der Waals surface area contributed by atoms with Crippen molar-refractivity contribution in [2.75, 3.05) is 19.8 Å². The predicted molar refractivity (Wildman–Crippen MR) is 71.7 cm³/mol. The Balaban J connectivity index is 3.68. The van der Waals surface area contributed by atoms with Crippen molar-refractivity contribution in [1.82, 2.24) is 5.32 Å². The summed E-state index contributed by atoms with van der Waals surface area (Å²) in [4.78, 5) is 0. The molecule has 0 heterocycles. The van der Waals surface area contributed by atoms with Crippen LogP contribution in [0.4, 0.5) is 0 Å². The topological polar surface area (TPSA) is 21.3 Å². The van der Waals surface area contributed by atoms with E-state index >= 15 is 0 Å². The van der Waals surface area contributed by atoms with Gasteiger partial charge >= 0.3 is 0 Å². The van der Waals surface area contributed by atoms with E-state index < -0.39 is 0 Å². The molecular weight excluding hydrogens is 198 g/mol. The first kappa shape index (κ1) is 15.9. The van der Waals surface area contributed by atoms with Crippen LogP contribution in [0.5, 0.6) is 0 Å². The molecule has 0 fully saturated rings. The molecule has 0 bridgehead atoms. The van der Waals surface area contributed by atoms with Crippen molar-refractivity contribution in [2.24, 2.45) is 17.8 Å². The first-order chi connectivity index (χ1) is 7.43.